The molecule has 98 valence electrons. The summed E-state index contributed by atoms with van der Waals surface area (Å²) in [4.78, 5) is 23.4. The van der Waals surface area contributed by atoms with Gasteiger partial charge in [-0.15, -0.1) is 0 Å². The highest BCUT2D eigenvalue weighted by Crippen LogP contribution is 2.25. The maximum Gasteiger partial charge on any atom is 0.331 e. The topological polar surface area (TPSA) is 57.6 Å². The number of amides is 1. The zero-order valence-corrected chi connectivity index (χ0v) is 10.6. The van der Waals surface area contributed by atoms with Crippen molar-refractivity contribution in [2.24, 2.45) is 0 Å². The first-order valence-corrected chi connectivity index (χ1v) is 5.60. The number of nitrogens with zero attached hydrogens (tertiary/aromatic N) is 1. The predicted octanol–water partition coefficient (Wildman–Crippen LogP) is 2.13. The zero-order valence-electron chi connectivity index (χ0n) is 10.6. The Morgan fingerprint density at radius 1 is 1.44 bits per heavy atom. The van der Waals surface area contributed by atoms with Crippen molar-refractivity contribution in [1.29, 1.82) is 0 Å². The first-order chi connectivity index (χ1) is 8.38. The predicted molar refractivity (Wildman–Crippen MR) is 64.6 cm³/mol. The molecule has 0 aliphatic carbocycles. The summed E-state index contributed by atoms with van der Waals surface area (Å²) in [6, 6.07) is 2.58. The van der Waals surface area contributed by atoms with Crippen LogP contribution in [0, 0.1) is 12.7 Å². The van der Waals surface area contributed by atoms with Crippen LogP contribution < -0.4 is 0 Å². The van der Waals surface area contributed by atoms with Crippen LogP contribution in [-0.2, 0) is 9.59 Å². The average Bonchev–Trinajstić information content (AvgIpc) is 2.28. The summed E-state index contributed by atoms with van der Waals surface area (Å²) in [5.74, 6) is -1.87. The van der Waals surface area contributed by atoms with Crippen LogP contribution in [0.25, 0.3) is 0 Å². The molecule has 1 amide bonds. The van der Waals surface area contributed by atoms with Crippen molar-refractivity contribution >= 4 is 12.4 Å². The van der Waals surface area contributed by atoms with E-state index in [0.29, 0.717) is 6.41 Å². The van der Waals surface area contributed by atoms with Crippen LogP contribution >= 0.6 is 0 Å². The molecule has 1 unspecified atom stereocenters. The Kier molecular flexibility index (Phi) is 4.42. The minimum Gasteiger partial charge on any atom is -0.479 e. The largest absolute Gasteiger partial charge is 0.479 e. The molecule has 1 atom stereocenters. The number of carbonyl (C=O) groups excluding carboxylic acids is 1. The van der Waals surface area contributed by atoms with Gasteiger partial charge in [0.2, 0.25) is 6.41 Å². The van der Waals surface area contributed by atoms with Crippen LogP contribution in [-0.4, -0.2) is 28.4 Å². The van der Waals surface area contributed by atoms with Crippen LogP contribution in [0.3, 0.4) is 0 Å². The van der Waals surface area contributed by atoms with Crippen LogP contribution in [0.2, 0.25) is 0 Å². The third kappa shape index (κ3) is 2.85. The van der Waals surface area contributed by atoms with E-state index in [0.717, 1.165) is 10.5 Å². The highest BCUT2D eigenvalue weighted by molar-refractivity contribution is 5.78. The smallest absolute Gasteiger partial charge is 0.331 e. The number of hydrogen-bond acceptors (Lipinski definition) is 2. The second kappa shape index (κ2) is 5.62. The van der Waals surface area contributed by atoms with E-state index in [4.69, 9.17) is 0 Å². The van der Waals surface area contributed by atoms with Crippen molar-refractivity contribution in [3.63, 3.8) is 0 Å². The van der Waals surface area contributed by atoms with Crippen molar-refractivity contribution < 1.29 is 19.1 Å². The molecule has 5 heteroatoms. The van der Waals surface area contributed by atoms with Crippen molar-refractivity contribution in [2.75, 3.05) is 0 Å². The Balaban J connectivity index is 3.31. The molecule has 0 radical (unpaired) electrons. The van der Waals surface area contributed by atoms with Gasteiger partial charge in [-0.3, -0.25) is 4.79 Å². The molecule has 0 fully saturated rings. The first-order valence-electron chi connectivity index (χ1n) is 5.60. The van der Waals surface area contributed by atoms with E-state index >= 15 is 0 Å². The monoisotopic (exact) mass is 253 g/mol. The van der Waals surface area contributed by atoms with Gasteiger partial charge >= 0.3 is 5.97 Å². The minimum atomic E-state index is -1.30. The Hall–Kier alpha value is -1.91. The molecule has 0 heterocycles. The summed E-state index contributed by atoms with van der Waals surface area (Å²) in [6.45, 7) is 5.10. The van der Waals surface area contributed by atoms with Crippen molar-refractivity contribution in [3.05, 3.63) is 35.1 Å². The van der Waals surface area contributed by atoms with Gasteiger partial charge in [0.25, 0.3) is 0 Å². The number of aliphatic carboxylic acids is 1. The number of carbonyl (C=O) groups is 2. The van der Waals surface area contributed by atoms with Gasteiger partial charge < -0.3 is 10.0 Å². The fraction of sp³-hybridized carbons (Fsp3) is 0.385. The second-order valence-corrected chi connectivity index (χ2v) is 4.41. The molecule has 1 N–H and O–H groups in total. The quantitative estimate of drug-likeness (QED) is 0.818. The number of benzene rings is 1. The summed E-state index contributed by atoms with van der Waals surface area (Å²) in [7, 11) is 0. The van der Waals surface area contributed by atoms with Crippen LogP contribution in [0.1, 0.15) is 31.0 Å². The van der Waals surface area contributed by atoms with E-state index in [9.17, 15) is 19.1 Å². The lowest BCUT2D eigenvalue weighted by Crippen LogP contribution is -2.38. The molecule has 0 aliphatic rings. The number of carboxylic acid groups (broad SMARTS) is 1. The van der Waals surface area contributed by atoms with E-state index in [1.54, 1.807) is 26.8 Å². The number of halogens is 1. The van der Waals surface area contributed by atoms with E-state index < -0.39 is 17.8 Å². The Labute approximate surface area is 105 Å². The third-order valence-electron chi connectivity index (χ3n) is 2.70. The lowest BCUT2D eigenvalue weighted by Gasteiger charge is -2.29. The summed E-state index contributed by atoms with van der Waals surface area (Å²) in [6.07, 6.45) is 0.436. The van der Waals surface area contributed by atoms with Crippen molar-refractivity contribution in [2.45, 2.75) is 32.9 Å². The van der Waals surface area contributed by atoms with Gasteiger partial charge in [0.05, 0.1) is 0 Å². The maximum atomic E-state index is 13.7. The van der Waals surface area contributed by atoms with E-state index in [1.165, 1.54) is 12.1 Å². The van der Waals surface area contributed by atoms with Gasteiger partial charge in [-0.1, -0.05) is 17.7 Å². The molecule has 4 nitrogen and oxygen atoms in total. The SMILES string of the molecule is Cc1ccc(F)c(C(C(=O)O)N(C=O)C(C)C)c1. The molecule has 0 spiro atoms. The van der Waals surface area contributed by atoms with E-state index in [-0.39, 0.29) is 11.6 Å². The Morgan fingerprint density at radius 3 is 2.50 bits per heavy atom. The molecular formula is C13H16FNO3. The van der Waals surface area contributed by atoms with Crippen molar-refractivity contribution in [1.82, 2.24) is 4.90 Å². The fourth-order valence-electron chi connectivity index (χ4n) is 1.77. The molecule has 0 aliphatic heterocycles. The van der Waals surface area contributed by atoms with Crippen LogP contribution in [0.5, 0.6) is 0 Å². The summed E-state index contributed by atoms with van der Waals surface area (Å²) < 4.78 is 13.7. The van der Waals surface area contributed by atoms with Gasteiger partial charge in [0, 0.05) is 11.6 Å². The summed E-state index contributed by atoms with van der Waals surface area (Å²) in [5.41, 5.74) is 0.746. The Bertz CT molecular complexity index is 460. The van der Waals surface area contributed by atoms with Gasteiger partial charge in [0.1, 0.15) is 5.82 Å². The normalized spacial score (nSPS) is 12.3. The minimum absolute atomic E-state index is 0.00306. The van der Waals surface area contributed by atoms with Gasteiger partial charge in [-0.05, 0) is 26.8 Å². The van der Waals surface area contributed by atoms with Crippen LogP contribution in [0.4, 0.5) is 4.39 Å². The van der Waals surface area contributed by atoms with Gasteiger partial charge in [-0.2, -0.15) is 0 Å². The maximum absolute atomic E-state index is 13.7. The zero-order chi connectivity index (χ0) is 13.9. The fourth-order valence-corrected chi connectivity index (χ4v) is 1.77. The number of carboxylic acids is 1. The summed E-state index contributed by atoms with van der Waals surface area (Å²) in [5, 5.41) is 9.23. The highest BCUT2D eigenvalue weighted by atomic mass is 19.1. The lowest BCUT2D eigenvalue weighted by molar-refractivity contribution is -0.148. The second-order valence-electron chi connectivity index (χ2n) is 4.41. The molecule has 1 rings (SSSR count). The molecule has 1 aromatic carbocycles. The van der Waals surface area contributed by atoms with Gasteiger partial charge in [-0.25, -0.2) is 9.18 Å². The number of hydrogen-bond donors (Lipinski definition) is 1. The number of rotatable bonds is 5. The molecule has 0 saturated carbocycles. The average molecular weight is 253 g/mol. The third-order valence-corrected chi connectivity index (χ3v) is 2.70. The molecule has 1 aromatic rings. The number of aryl methyl sites for hydroxylation is 1. The highest BCUT2D eigenvalue weighted by Gasteiger charge is 2.30. The van der Waals surface area contributed by atoms with Crippen LogP contribution in [0.15, 0.2) is 18.2 Å². The molecule has 18 heavy (non-hydrogen) atoms. The molecule has 0 bridgehead atoms. The van der Waals surface area contributed by atoms with Gasteiger partial charge in [0.15, 0.2) is 6.04 Å². The molecule has 0 saturated heterocycles. The van der Waals surface area contributed by atoms with E-state index in [2.05, 4.69) is 0 Å². The lowest BCUT2D eigenvalue weighted by atomic mass is 10.0. The Morgan fingerprint density at radius 2 is 2.06 bits per heavy atom. The van der Waals surface area contributed by atoms with Crippen molar-refractivity contribution in [3.8, 4) is 0 Å². The standard InChI is InChI=1S/C13H16FNO3/c1-8(2)15(7-16)12(13(17)18)10-6-9(3)4-5-11(10)14/h4-8,12H,1-3H3,(H,17,18). The molecule has 0 aromatic heterocycles. The molecular weight excluding hydrogens is 237 g/mol. The summed E-state index contributed by atoms with van der Waals surface area (Å²) >= 11 is 0. The first kappa shape index (κ1) is 14.2. The van der Waals surface area contributed by atoms with E-state index in [1.807, 2.05) is 0 Å².